The van der Waals surface area contributed by atoms with Crippen LogP contribution in [0.1, 0.15) is 6.92 Å². The number of rotatable bonds is 4. The van der Waals surface area contributed by atoms with E-state index in [1.165, 1.54) is 26.7 Å². The van der Waals surface area contributed by atoms with Gasteiger partial charge in [0.05, 0.1) is 10.9 Å². The molecule has 4 heteroatoms. The number of benzene rings is 4. The molecule has 0 bridgehead atoms. The first-order valence-electron chi connectivity index (χ1n) is 9.99. The van der Waals surface area contributed by atoms with Gasteiger partial charge in [-0.1, -0.05) is 18.2 Å². The third-order valence-electron chi connectivity index (χ3n) is 5.44. The Balaban J connectivity index is 1.75. The third kappa shape index (κ3) is 3.10. The van der Waals surface area contributed by atoms with Crippen LogP contribution in [-0.2, 0) is 17.4 Å². The highest BCUT2D eigenvalue weighted by Crippen LogP contribution is 2.37. The summed E-state index contributed by atoms with van der Waals surface area (Å²) in [7, 11) is -0.354. The first-order valence-corrected chi connectivity index (χ1v) is 11.2. The maximum Gasteiger partial charge on any atom is 0.167 e. The van der Waals surface area contributed by atoms with E-state index in [0.717, 1.165) is 16.3 Å². The van der Waals surface area contributed by atoms with Crippen LogP contribution in [0.15, 0.2) is 106 Å². The van der Waals surface area contributed by atoms with Crippen LogP contribution in [0.4, 0.5) is 0 Å². The summed E-state index contributed by atoms with van der Waals surface area (Å²) >= 11 is 0. The number of aryl methyl sites for hydroxylation is 1. The van der Waals surface area contributed by atoms with E-state index in [1.54, 1.807) is 24.3 Å². The first kappa shape index (κ1) is 18.6. The predicted molar refractivity (Wildman–Crippen MR) is 123 cm³/mol. The Bertz CT molecular complexity index is 1290. The van der Waals surface area contributed by atoms with Crippen LogP contribution in [0, 0.1) is 0 Å². The summed E-state index contributed by atoms with van der Waals surface area (Å²) in [4.78, 5) is 3.45. The van der Waals surface area contributed by atoms with Crippen molar-refractivity contribution in [2.24, 2.45) is 0 Å². The minimum Gasteiger partial charge on any atom is -0.508 e. The molecule has 0 saturated carbocycles. The number of nitrogens with zero attached hydrogens (tertiary/aromatic N) is 1. The first-order chi connectivity index (χ1) is 14.7. The largest absolute Gasteiger partial charge is 0.508 e. The van der Waals surface area contributed by atoms with Crippen LogP contribution in [0.5, 0.6) is 11.5 Å². The van der Waals surface area contributed by atoms with Crippen molar-refractivity contribution in [2.75, 3.05) is 0 Å². The summed E-state index contributed by atoms with van der Waals surface area (Å²) in [6, 6.07) is 30.1. The number of phenols is 2. The Labute approximate surface area is 178 Å². The molecule has 2 N–H and O–H groups in total. The highest BCUT2D eigenvalue weighted by atomic mass is 32.2. The highest BCUT2D eigenvalue weighted by Gasteiger charge is 2.29. The summed E-state index contributed by atoms with van der Waals surface area (Å²) in [5.74, 6) is 0.518. The van der Waals surface area contributed by atoms with Crippen LogP contribution in [0.25, 0.3) is 21.8 Å². The van der Waals surface area contributed by atoms with Crippen LogP contribution < -0.4 is 0 Å². The van der Waals surface area contributed by atoms with E-state index in [-0.39, 0.29) is 22.4 Å². The smallest absolute Gasteiger partial charge is 0.167 e. The van der Waals surface area contributed by atoms with Crippen molar-refractivity contribution in [1.82, 2.24) is 4.57 Å². The second-order valence-electron chi connectivity index (χ2n) is 7.23. The molecule has 0 aliphatic rings. The molecule has 0 fully saturated rings. The van der Waals surface area contributed by atoms with Crippen molar-refractivity contribution in [3.63, 3.8) is 0 Å². The molecule has 30 heavy (non-hydrogen) atoms. The van der Waals surface area contributed by atoms with Gasteiger partial charge < -0.3 is 14.8 Å². The van der Waals surface area contributed by atoms with Crippen molar-refractivity contribution in [1.29, 1.82) is 0 Å². The van der Waals surface area contributed by atoms with Crippen molar-refractivity contribution in [2.45, 2.75) is 28.2 Å². The lowest BCUT2D eigenvalue weighted by atomic mass is 10.1. The van der Waals surface area contributed by atoms with Gasteiger partial charge in [0.2, 0.25) is 0 Å². The van der Waals surface area contributed by atoms with Gasteiger partial charge in [-0.2, -0.15) is 0 Å². The molecule has 0 aliphatic heterocycles. The Morgan fingerprint density at radius 2 is 1.17 bits per heavy atom. The fourth-order valence-electron chi connectivity index (χ4n) is 4.07. The van der Waals surface area contributed by atoms with E-state index in [9.17, 15) is 10.2 Å². The van der Waals surface area contributed by atoms with Crippen molar-refractivity contribution in [3.05, 3.63) is 91.0 Å². The highest BCUT2D eigenvalue weighted by molar-refractivity contribution is 7.97. The molecule has 0 spiro atoms. The molecule has 0 aliphatic carbocycles. The van der Waals surface area contributed by atoms with E-state index in [4.69, 9.17) is 0 Å². The molecule has 148 valence electrons. The molecule has 1 heterocycles. The lowest BCUT2D eigenvalue weighted by Gasteiger charge is -2.09. The molecule has 0 radical (unpaired) electrons. The number of hydrogen-bond donors (Lipinski definition) is 2. The molecular formula is C26H22NO2S+. The molecule has 4 aromatic carbocycles. The van der Waals surface area contributed by atoms with Gasteiger partial charge in [-0.25, -0.2) is 0 Å². The zero-order valence-corrected chi connectivity index (χ0v) is 17.4. The summed E-state index contributed by atoms with van der Waals surface area (Å²) in [6.07, 6.45) is 0. The van der Waals surface area contributed by atoms with Crippen LogP contribution >= 0.6 is 0 Å². The summed E-state index contributed by atoms with van der Waals surface area (Å²) in [5, 5.41) is 22.1. The van der Waals surface area contributed by atoms with Crippen molar-refractivity contribution in [3.8, 4) is 11.5 Å². The summed E-state index contributed by atoms with van der Waals surface area (Å²) in [6.45, 7) is 3.10. The Kier molecular flexibility index (Phi) is 4.64. The van der Waals surface area contributed by atoms with E-state index in [1.807, 2.05) is 24.3 Å². The minimum absolute atomic E-state index is 0.259. The Hall–Kier alpha value is -3.37. The molecular weight excluding hydrogens is 390 g/mol. The number of aromatic hydroxyl groups is 2. The lowest BCUT2D eigenvalue weighted by molar-refractivity contribution is 0.474. The zero-order chi connectivity index (χ0) is 20.7. The maximum absolute atomic E-state index is 9.77. The molecule has 0 atom stereocenters. The van der Waals surface area contributed by atoms with Crippen molar-refractivity contribution < 1.29 is 10.2 Å². The zero-order valence-electron chi connectivity index (χ0n) is 16.6. The van der Waals surface area contributed by atoms with Gasteiger partial charge in [0.15, 0.2) is 14.7 Å². The van der Waals surface area contributed by atoms with E-state index in [0.29, 0.717) is 0 Å². The topological polar surface area (TPSA) is 45.4 Å². The lowest BCUT2D eigenvalue weighted by Crippen LogP contribution is -2.04. The van der Waals surface area contributed by atoms with Gasteiger partial charge in [-0.3, -0.25) is 0 Å². The molecule has 0 amide bonds. The quantitative estimate of drug-likeness (QED) is 0.339. The van der Waals surface area contributed by atoms with Crippen LogP contribution in [-0.4, -0.2) is 14.8 Å². The monoisotopic (exact) mass is 412 g/mol. The molecule has 1 aromatic heterocycles. The normalized spacial score (nSPS) is 11.5. The fourth-order valence-corrected chi connectivity index (χ4v) is 6.15. The average Bonchev–Trinajstić information content (AvgIpc) is 3.10. The third-order valence-corrected chi connectivity index (χ3v) is 7.65. The number of fused-ring (bicyclic) bond motifs is 3. The van der Waals surface area contributed by atoms with Crippen molar-refractivity contribution >= 4 is 32.7 Å². The van der Waals surface area contributed by atoms with E-state index >= 15 is 0 Å². The Morgan fingerprint density at radius 1 is 0.633 bits per heavy atom. The molecule has 0 saturated heterocycles. The average molecular weight is 413 g/mol. The van der Waals surface area contributed by atoms with Gasteiger partial charge in [-0.15, -0.1) is 0 Å². The summed E-state index contributed by atoms with van der Waals surface area (Å²) in [5.41, 5.74) is 2.49. The number of hydrogen-bond acceptors (Lipinski definition) is 2. The number of phenolic OH excluding ortho intramolecular Hbond substituents is 2. The van der Waals surface area contributed by atoms with Gasteiger partial charge in [-0.05, 0) is 73.7 Å². The van der Waals surface area contributed by atoms with Gasteiger partial charge >= 0.3 is 0 Å². The molecule has 5 aromatic rings. The number of aromatic nitrogens is 1. The van der Waals surface area contributed by atoms with Gasteiger partial charge in [0.25, 0.3) is 0 Å². The SMILES string of the molecule is CCn1c2ccccc2c2cc([S+](c3ccc(O)cc3)c3ccc(O)cc3)ccc21. The Morgan fingerprint density at radius 3 is 1.77 bits per heavy atom. The van der Waals surface area contributed by atoms with Gasteiger partial charge in [0, 0.05) is 34.4 Å². The van der Waals surface area contributed by atoms with Gasteiger partial charge in [0.1, 0.15) is 11.5 Å². The van der Waals surface area contributed by atoms with E-state index < -0.39 is 0 Å². The second-order valence-corrected chi connectivity index (χ2v) is 9.26. The standard InChI is InChI=1S/C26H21NO2S/c1-2-27-25-6-4-3-5-23(25)24-17-22(15-16-26(24)27)30(20-11-7-18(28)8-12-20)21-13-9-19(29)10-14-21/h3-17H,2H2,1H3,(H-,28,29)/p+1. The van der Waals surface area contributed by atoms with Crippen LogP contribution in [0.2, 0.25) is 0 Å². The molecule has 5 rings (SSSR count). The predicted octanol–water partition coefficient (Wildman–Crippen LogP) is 6.32. The summed E-state index contributed by atoms with van der Waals surface area (Å²) < 4.78 is 2.35. The fraction of sp³-hybridized carbons (Fsp3) is 0.0769. The van der Waals surface area contributed by atoms with E-state index in [2.05, 4.69) is 54.0 Å². The minimum atomic E-state index is -0.354. The second kappa shape index (κ2) is 7.47. The molecule has 3 nitrogen and oxygen atoms in total. The number of para-hydroxylation sites is 1. The maximum atomic E-state index is 9.77. The van der Waals surface area contributed by atoms with Crippen LogP contribution in [0.3, 0.4) is 0 Å². The molecule has 0 unspecified atom stereocenters.